The number of carbonyl (C=O) groups is 1. The van der Waals surface area contributed by atoms with Crippen LogP contribution in [-0.4, -0.2) is 49.1 Å². The molecule has 0 aliphatic heterocycles. The molecule has 142 valence electrons. The van der Waals surface area contributed by atoms with Gasteiger partial charge in [0.25, 0.3) is 5.91 Å². The summed E-state index contributed by atoms with van der Waals surface area (Å²) < 4.78 is 27.0. The van der Waals surface area contributed by atoms with Gasteiger partial charge in [0.2, 0.25) is 10.0 Å². The standard InChI is InChI=1S/C18H20N4O3S2/c1-21(2)27(24,25)16-5-3-14(4-6-16)18(23)19-9-11-22-10-7-17(20-22)15-8-12-26-13-15/h3-8,10,12-13H,9,11H2,1-2H3,(H,19,23). The maximum absolute atomic E-state index is 12.2. The number of nitrogens with zero attached hydrogens (tertiary/aromatic N) is 3. The quantitative estimate of drug-likeness (QED) is 0.655. The van der Waals surface area contributed by atoms with Gasteiger partial charge in [-0.15, -0.1) is 0 Å². The molecule has 27 heavy (non-hydrogen) atoms. The summed E-state index contributed by atoms with van der Waals surface area (Å²) in [6.07, 6.45) is 1.88. The molecule has 3 aromatic rings. The second-order valence-electron chi connectivity index (χ2n) is 6.04. The molecule has 0 saturated carbocycles. The van der Waals surface area contributed by atoms with E-state index in [0.717, 1.165) is 15.6 Å². The molecule has 0 aliphatic rings. The summed E-state index contributed by atoms with van der Waals surface area (Å²) in [5.74, 6) is -0.256. The largest absolute Gasteiger partial charge is 0.350 e. The van der Waals surface area contributed by atoms with Crippen molar-refractivity contribution in [2.45, 2.75) is 11.4 Å². The summed E-state index contributed by atoms with van der Waals surface area (Å²) in [5.41, 5.74) is 2.39. The molecule has 2 aromatic heterocycles. The van der Waals surface area contributed by atoms with Crippen LogP contribution < -0.4 is 5.32 Å². The SMILES string of the molecule is CN(C)S(=O)(=O)c1ccc(C(=O)NCCn2ccc(-c3ccsc3)n2)cc1. The second kappa shape index (κ2) is 8.03. The number of hydrogen-bond acceptors (Lipinski definition) is 5. The monoisotopic (exact) mass is 404 g/mol. The number of amides is 1. The first-order valence-corrected chi connectivity index (χ1v) is 10.6. The third kappa shape index (κ3) is 4.44. The van der Waals surface area contributed by atoms with Gasteiger partial charge in [0, 0.05) is 43.3 Å². The summed E-state index contributed by atoms with van der Waals surface area (Å²) in [7, 11) is -0.563. The molecule has 0 unspecified atom stereocenters. The van der Waals surface area contributed by atoms with E-state index in [9.17, 15) is 13.2 Å². The van der Waals surface area contributed by atoms with Crippen molar-refractivity contribution in [3.05, 3.63) is 58.9 Å². The molecule has 0 fully saturated rings. The third-order valence-corrected chi connectivity index (χ3v) is 6.49. The highest BCUT2D eigenvalue weighted by Gasteiger charge is 2.17. The zero-order chi connectivity index (χ0) is 19.4. The Bertz CT molecular complexity index is 1010. The Kier molecular flexibility index (Phi) is 5.73. The molecule has 0 spiro atoms. The lowest BCUT2D eigenvalue weighted by molar-refractivity contribution is 0.0952. The van der Waals surface area contributed by atoms with Crippen molar-refractivity contribution >= 4 is 27.3 Å². The normalized spacial score (nSPS) is 11.7. The van der Waals surface area contributed by atoms with Crippen molar-refractivity contribution < 1.29 is 13.2 Å². The van der Waals surface area contributed by atoms with Gasteiger partial charge >= 0.3 is 0 Å². The van der Waals surface area contributed by atoms with Crippen molar-refractivity contribution in [1.82, 2.24) is 19.4 Å². The van der Waals surface area contributed by atoms with E-state index < -0.39 is 10.0 Å². The summed E-state index contributed by atoms with van der Waals surface area (Å²) >= 11 is 1.62. The fraction of sp³-hybridized carbons (Fsp3) is 0.222. The first-order chi connectivity index (χ1) is 12.9. The van der Waals surface area contributed by atoms with Crippen molar-refractivity contribution in [2.75, 3.05) is 20.6 Å². The highest BCUT2D eigenvalue weighted by molar-refractivity contribution is 7.89. The van der Waals surface area contributed by atoms with Gasteiger partial charge < -0.3 is 5.32 Å². The van der Waals surface area contributed by atoms with Gasteiger partial charge in [-0.3, -0.25) is 9.48 Å². The van der Waals surface area contributed by atoms with Gasteiger partial charge in [0.15, 0.2) is 0 Å². The van der Waals surface area contributed by atoms with Gasteiger partial charge in [-0.05, 0) is 41.8 Å². The Hall–Kier alpha value is -2.49. The predicted octanol–water partition coefficient (Wildman–Crippen LogP) is 2.29. The highest BCUT2D eigenvalue weighted by Crippen LogP contribution is 2.19. The van der Waals surface area contributed by atoms with E-state index in [1.54, 1.807) is 16.0 Å². The molecule has 0 atom stereocenters. The van der Waals surface area contributed by atoms with Crippen molar-refractivity contribution in [2.24, 2.45) is 0 Å². The first-order valence-electron chi connectivity index (χ1n) is 8.25. The molecule has 0 bridgehead atoms. The number of thiophene rings is 1. The van der Waals surface area contributed by atoms with Gasteiger partial charge in [-0.25, -0.2) is 12.7 Å². The molecule has 1 amide bonds. The summed E-state index contributed by atoms with van der Waals surface area (Å²) in [4.78, 5) is 12.4. The topological polar surface area (TPSA) is 84.3 Å². The third-order valence-electron chi connectivity index (χ3n) is 3.98. The molecule has 2 heterocycles. The number of sulfonamides is 1. The molecular weight excluding hydrogens is 384 g/mol. The van der Waals surface area contributed by atoms with Crippen molar-refractivity contribution in [3.63, 3.8) is 0 Å². The fourth-order valence-corrected chi connectivity index (χ4v) is 3.98. The van der Waals surface area contributed by atoms with Crippen molar-refractivity contribution in [3.8, 4) is 11.3 Å². The first kappa shape index (κ1) is 19.3. The van der Waals surface area contributed by atoms with Crippen LogP contribution in [0.3, 0.4) is 0 Å². The molecular formula is C18H20N4O3S2. The number of rotatable bonds is 7. The maximum atomic E-state index is 12.2. The number of nitrogens with one attached hydrogen (secondary N) is 1. The van der Waals surface area contributed by atoms with E-state index in [0.29, 0.717) is 18.7 Å². The lowest BCUT2D eigenvalue weighted by atomic mass is 10.2. The van der Waals surface area contributed by atoms with E-state index in [4.69, 9.17) is 0 Å². The van der Waals surface area contributed by atoms with E-state index in [2.05, 4.69) is 10.4 Å². The van der Waals surface area contributed by atoms with Crippen LogP contribution in [0.5, 0.6) is 0 Å². The number of hydrogen-bond donors (Lipinski definition) is 1. The second-order valence-corrected chi connectivity index (χ2v) is 8.98. The fourth-order valence-electron chi connectivity index (χ4n) is 2.43. The molecule has 7 nitrogen and oxygen atoms in total. The van der Waals surface area contributed by atoms with Crippen LogP contribution in [0.25, 0.3) is 11.3 Å². The van der Waals surface area contributed by atoms with Crippen LogP contribution >= 0.6 is 11.3 Å². The van der Waals surface area contributed by atoms with Gasteiger partial charge in [0.05, 0.1) is 17.1 Å². The lowest BCUT2D eigenvalue weighted by Gasteiger charge is -2.11. The number of carbonyl (C=O) groups excluding carboxylic acids is 1. The molecule has 3 rings (SSSR count). The summed E-state index contributed by atoms with van der Waals surface area (Å²) in [6.45, 7) is 0.963. The zero-order valence-corrected chi connectivity index (χ0v) is 16.6. The van der Waals surface area contributed by atoms with E-state index in [1.807, 2.05) is 29.1 Å². The van der Waals surface area contributed by atoms with Crippen LogP contribution in [0.15, 0.2) is 58.3 Å². The average Bonchev–Trinajstić information content (AvgIpc) is 3.33. The molecule has 9 heteroatoms. The van der Waals surface area contributed by atoms with Crippen molar-refractivity contribution in [1.29, 1.82) is 0 Å². The molecule has 0 saturated heterocycles. The van der Waals surface area contributed by atoms with E-state index >= 15 is 0 Å². The van der Waals surface area contributed by atoms with Crippen LogP contribution in [0.2, 0.25) is 0 Å². The summed E-state index contributed by atoms with van der Waals surface area (Å²) in [6, 6.07) is 9.84. The lowest BCUT2D eigenvalue weighted by Crippen LogP contribution is -2.27. The van der Waals surface area contributed by atoms with Crippen LogP contribution in [-0.2, 0) is 16.6 Å². The average molecular weight is 405 g/mol. The zero-order valence-electron chi connectivity index (χ0n) is 15.0. The van der Waals surface area contributed by atoms with Gasteiger partial charge in [0.1, 0.15) is 0 Å². The number of benzene rings is 1. The maximum Gasteiger partial charge on any atom is 0.251 e. The van der Waals surface area contributed by atoms with Crippen LogP contribution in [0.1, 0.15) is 10.4 Å². The Morgan fingerprint density at radius 3 is 2.56 bits per heavy atom. The Labute approximate surface area is 162 Å². The minimum absolute atomic E-state index is 0.154. The van der Waals surface area contributed by atoms with Crippen LogP contribution in [0, 0.1) is 0 Å². The molecule has 0 aliphatic carbocycles. The van der Waals surface area contributed by atoms with E-state index in [1.165, 1.54) is 38.4 Å². The molecule has 1 aromatic carbocycles. The van der Waals surface area contributed by atoms with Gasteiger partial charge in [-0.2, -0.15) is 16.4 Å². The highest BCUT2D eigenvalue weighted by atomic mass is 32.2. The van der Waals surface area contributed by atoms with Crippen LogP contribution in [0.4, 0.5) is 0 Å². The minimum atomic E-state index is -3.50. The van der Waals surface area contributed by atoms with Gasteiger partial charge in [-0.1, -0.05) is 0 Å². The Morgan fingerprint density at radius 2 is 1.93 bits per heavy atom. The molecule has 0 radical (unpaired) electrons. The Morgan fingerprint density at radius 1 is 1.19 bits per heavy atom. The Balaban J connectivity index is 1.55. The number of aromatic nitrogens is 2. The smallest absolute Gasteiger partial charge is 0.251 e. The predicted molar refractivity (Wildman–Crippen MR) is 105 cm³/mol. The minimum Gasteiger partial charge on any atom is -0.350 e. The molecule has 1 N–H and O–H groups in total. The summed E-state index contributed by atoms with van der Waals surface area (Å²) in [5, 5.41) is 11.3. The van der Waals surface area contributed by atoms with E-state index in [-0.39, 0.29) is 10.8 Å².